The van der Waals surface area contributed by atoms with Crippen molar-refractivity contribution < 1.29 is 14.8 Å². The number of hydrogen-bond acceptors (Lipinski definition) is 3. The van der Waals surface area contributed by atoms with Gasteiger partial charge in [-0.15, -0.1) is 0 Å². The van der Waals surface area contributed by atoms with Crippen molar-refractivity contribution in [3.63, 3.8) is 0 Å². The highest BCUT2D eigenvalue weighted by molar-refractivity contribution is 7.95. The molecule has 2 N–H and O–H groups in total. The van der Waals surface area contributed by atoms with Crippen molar-refractivity contribution >= 4 is 29.3 Å². The minimum absolute atomic E-state index is 0.205. The van der Waals surface area contributed by atoms with Gasteiger partial charge in [-0.25, -0.2) is 0 Å². The number of carbonyl (C=O) groups is 1. The van der Waals surface area contributed by atoms with Crippen LogP contribution in [-0.2, 0) is 21.4 Å². The molecule has 0 heterocycles. The molecular formula is C15H24BO3S+. The van der Waals surface area contributed by atoms with Gasteiger partial charge in [-0.1, -0.05) is 31.2 Å². The molecule has 5 heteroatoms. The second-order valence-corrected chi connectivity index (χ2v) is 7.51. The summed E-state index contributed by atoms with van der Waals surface area (Å²) in [5.41, 5.74) is 1.73. The molecule has 20 heavy (non-hydrogen) atoms. The zero-order chi connectivity index (χ0) is 15.1. The van der Waals surface area contributed by atoms with Crippen molar-refractivity contribution in [1.29, 1.82) is 0 Å². The highest BCUT2D eigenvalue weighted by atomic mass is 32.2. The second kappa shape index (κ2) is 8.50. The van der Waals surface area contributed by atoms with Gasteiger partial charge in [0.05, 0.1) is 6.26 Å². The molecule has 1 unspecified atom stereocenters. The monoisotopic (exact) mass is 295 g/mol. The van der Waals surface area contributed by atoms with Crippen molar-refractivity contribution in [3.8, 4) is 0 Å². The zero-order valence-corrected chi connectivity index (χ0v) is 13.3. The van der Waals surface area contributed by atoms with Crippen LogP contribution in [0.25, 0.3) is 0 Å². The molecular weight excluding hydrogens is 271 g/mol. The van der Waals surface area contributed by atoms with Crippen LogP contribution in [0.1, 0.15) is 32.3 Å². The number of Topliss-reactive ketones (excluding diaryl/α,β-unsaturated/α-hetero) is 1. The van der Waals surface area contributed by atoms with E-state index in [0.29, 0.717) is 11.2 Å². The van der Waals surface area contributed by atoms with Crippen molar-refractivity contribution in [1.82, 2.24) is 0 Å². The lowest BCUT2D eigenvalue weighted by molar-refractivity contribution is -0.120. The van der Waals surface area contributed by atoms with Crippen LogP contribution in [0, 0.1) is 5.92 Å². The number of ketones is 1. The lowest BCUT2D eigenvalue weighted by atomic mass is 9.80. The van der Waals surface area contributed by atoms with Crippen LogP contribution in [0.2, 0.25) is 0 Å². The third-order valence-electron chi connectivity index (χ3n) is 3.57. The van der Waals surface area contributed by atoms with E-state index in [-0.39, 0.29) is 16.8 Å². The molecule has 2 atom stereocenters. The molecule has 1 aromatic rings. The van der Waals surface area contributed by atoms with Crippen molar-refractivity contribution in [2.75, 3.05) is 12.0 Å². The Kier molecular flexibility index (Phi) is 7.34. The summed E-state index contributed by atoms with van der Waals surface area (Å²) in [6.07, 6.45) is 4.12. The normalized spacial score (nSPS) is 13.8. The fourth-order valence-corrected chi connectivity index (χ4v) is 3.77. The van der Waals surface area contributed by atoms with E-state index in [1.165, 1.54) is 5.56 Å². The first kappa shape index (κ1) is 17.3. The predicted molar refractivity (Wildman–Crippen MR) is 87.2 cm³/mol. The van der Waals surface area contributed by atoms with Gasteiger partial charge in [-0.3, -0.25) is 4.79 Å². The maximum atomic E-state index is 11.4. The Hall–Kier alpha value is -0.775. The summed E-state index contributed by atoms with van der Waals surface area (Å²) in [7, 11) is -1.15. The van der Waals surface area contributed by atoms with Gasteiger partial charge >= 0.3 is 7.12 Å². The Bertz CT molecular complexity index is 420. The van der Waals surface area contributed by atoms with Gasteiger partial charge in [0.25, 0.3) is 0 Å². The first-order chi connectivity index (χ1) is 9.43. The molecule has 1 rings (SSSR count). The van der Waals surface area contributed by atoms with E-state index in [0.717, 1.165) is 24.3 Å². The van der Waals surface area contributed by atoms with Gasteiger partial charge in [0.15, 0.2) is 0 Å². The molecule has 0 aliphatic rings. The zero-order valence-electron chi connectivity index (χ0n) is 12.5. The molecule has 0 amide bonds. The van der Waals surface area contributed by atoms with Gasteiger partial charge in [0, 0.05) is 17.9 Å². The summed E-state index contributed by atoms with van der Waals surface area (Å²) in [5.74, 6) is 2.56. The van der Waals surface area contributed by atoms with Gasteiger partial charge in [0.1, 0.15) is 17.3 Å². The molecule has 110 valence electrons. The lowest BCUT2D eigenvalue weighted by Gasteiger charge is -2.11. The largest absolute Gasteiger partial charge is 0.488 e. The Balaban J connectivity index is 2.45. The Morgan fingerprint density at radius 1 is 1.30 bits per heavy atom. The smallest absolute Gasteiger partial charge is 0.423 e. The summed E-state index contributed by atoms with van der Waals surface area (Å²) in [6, 6.07) is 7.39. The average molecular weight is 295 g/mol. The topological polar surface area (TPSA) is 57.5 Å². The van der Waals surface area contributed by atoms with E-state index in [2.05, 4.69) is 13.2 Å². The summed E-state index contributed by atoms with van der Waals surface area (Å²) < 4.78 is 0. The summed E-state index contributed by atoms with van der Waals surface area (Å²) in [4.78, 5) is 11.4. The van der Waals surface area contributed by atoms with Crippen LogP contribution < -0.4 is 5.46 Å². The summed E-state index contributed by atoms with van der Waals surface area (Å²) >= 11 is 0. The molecule has 1 aromatic carbocycles. The second-order valence-electron chi connectivity index (χ2n) is 5.25. The van der Waals surface area contributed by atoms with Crippen molar-refractivity contribution in [3.05, 3.63) is 29.8 Å². The number of hydrogen-bond donors (Lipinski definition) is 2. The van der Waals surface area contributed by atoms with Crippen LogP contribution in [-0.4, -0.2) is 35.0 Å². The SMILES string of the molecule is CC[C@@H](CC[S+](C)Cc1ccc(B(O)O)cc1)C(C)=O. The number of benzene rings is 1. The maximum absolute atomic E-state index is 11.4. The molecule has 0 aliphatic heterocycles. The molecule has 3 nitrogen and oxygen atoms in total. The third kappa shape index (κ3) is 5.69. The Labute approximate surface area is 124 Å². The lowest BCUT2D eigenvalue weighted by Crippen LogP contribution is -2.29. The van der Waals surface area contributed by atoms with E-state index in [1.54, 1.807) is 19.1 Å². The van der Waals surface area contributed by atoms with E-state index < -0.39 is 7.12 Å². The number of rotatable bonds is 8. The van der Waals surface area contributed by atoms with Crippen LogP contribution >= 0.6 is 0 Å². The first-order valence-electron chi connectivity index (χ1n) is 6.98. The standard InChI is InChI=1S/C15H24BO3S/c1-4-14(12(2)17)9-10-20(3)11-13-5-7-15(8-6-13)16(18)19/h5-8,14,18-19H,4,9-11H2,1-3H3/q+1/t14-,20?/m0/s1. The first-order valence-corrected chi connectivity index (χ1v) is 8.95. The van der Waals surface area contributed by atoms with Crippen LogP contribution in [0.4, 0.5) is 0 Å². The summed E-state index contributed by atoms with van der Waals surface area (Å²) in [5, 5.41) is 18.1. The molecule has 0 aromatic heterocycles. The molecule has 0 radical (unpaired) electrons. The highest BCUT2D eigenvalue weighted by Crippen LogP contribution is 2.14. The Morgan fingerprint density at radius 2 is 1.90 bits per heavy atom. The minimum atomic E-state index is -1.40. The molecule has 0 aliphatic carbocycles. The quantitative estimate of drug-likeness (QED) is 0.558. The van der Waals surface area contributed by atoms with Crippen LogP contribution in [0.5, 0.6) is 0 Å². The van der Waals surface area contributed by atoms with E-state index in [9.17, 15) is 4.79 Å². The van der Waals surface area contributed by atoms with Crippen LogP contribution in [0.3, 0.4) is 0 Å². The molecule has 0 fully saturated rings. The van der Waals surface area contributed by atoms with E-state index in [1.807, 2.05) is 12.1 Å². The fourth-order valence-electron chi connectivity index (χ4n) is 2.18. The Morgan fingerprint density at radius 3 is 2.35 bits per heavy atom. The van der Waals surface area contributed by atoms with Gasteiger partial charge in [-0.05, 0) is 29.7 Å². The fraction of sp³-hybridized carbons (Fsp3) is 0.533. The van der Waals surface area contributed by atoms with Crippen molar-refractivity contribution in [2.45, 2.75) is 32.4 Å². The molecule has 0 bridgehead atoms. The molecule has 0 saturated heterocycles. The average Bonchev–Trinajstić information content (AvgIpc) is 2.39. The molecule has 0 spiro atoms. The van der Waals surface area contributed by atoms with E-state index in [4.69, 9.17) is 10.0 Å². The summed E-state index contributed by atoms with van der Waals surface area (Å²) in [6.45, 7) is 3.75. The highest BCUT2D eigenvalue weighted by Gasteiger charge is 2.19. The predicted octanol–water partition coefficient (Wildman–Crippen LogP) is 1.12. The van der Waals surface area contributed by atoms with E-state index >= 15 is 0 Å². The van der Waals surface area contributed by atoms with Crippen LogP contribution in [0.15, 0.2) is 24.3 Å². The van der Waals surface area contributed by atoms with Gasteiger partial charge < -0.3 is 10.0 Å². The third-order valence-corrected chi connectivity index (χ3v) is 5.33. The number of carbonyl (C=O) groups excluding carboxylic acids is 1. The van der Waals surface area contributed by atoms with Crippen molar-refractivity contribution in [2.24, 2.45) is 5.92 Å². The maximum Gasteiger partial charge on any atom is 0.488 e. The van der Waals surface area contributed by atoms with Gasteiger partial charge in [0.2, 0.25) is 0 Å². The molecule has 0 saturated carbocycles. The van der Waals surface area contributed by atoms with Gasteiger partial charge in [-0.2, -0.15) is 0 Å². The minimum Gasteiger partial charge on any atom is -0.423 e.